The van der Waals surface area contributed by atoms with Gasteiger partial charge in [0.05, 0.1) is 12.0 Å². The van der Waals surface area contributed by atoms with Gasteiger partial charge in [0.1, 0.15) is 22.5 Å². The fourth-order valence-electron chi connectivity index (χ4n) is 2.63. The van der Waals surface area contributed by atoms with Crippen LogP contribution in [0.4, 0.5) is 5.82 Å². The molecule has 0 saturated heterocycles. The van der Waals surface area contributed by atoms with E-state index in [0.29, 0.717) is 11.6 Å². The van der Waals surface area contributed by atoms with Gasteiger partial charge in [-0.2, -0.15) is 0 Å². The lowest BCUT2D eigenvalue weighted by molar-refractivity contribution is -0.138. The quantitative estimate of drug-likeness (QED) is 0.659. The molecule has 1 atom stereocenters. The zero-order valence-corrected chi connectivity index (χ0v) is 14.1. The predicted octanol–water partition coefficient (Wildman–Crippen LogP) is 2.83. The summed E-state index contributed by atoms with van der Waals surface area (Å²) in [6.45, 7) is 3.24. The third-order valence-corrected chi connectivity index (χ3v) is 4.69. The van der Waals surface area contributed by atoms with Crippen LogP contribution < -0.4 is 5.32 Å². The Balaban J connectivity index is 2.23. The minimum atomic E-state index is -1.13. The smallest absolute Gasteiger partial charge is 0.328 e. The second kappa shape index (κ2) is 6.54. The zero-order chi connectivity index (χ0) is 17.3. The molecule has 0 aliphatic rings. The average molecular weight is 343 g/mol. The Bertz CT molecular complexity index is 893. The largest absolute Gasteiger partial charge is 0.480 e. The number of fused-ring (bicyclic) bond motifs is 1. The summed E-state index contributed by atoms with van der Waals surface area (Å²) in [7, 11) is 0. The number of aliphatic hydroxyl groups is 1. The van der Waals surface area contributed by atoms with E-state index in [0.717, 1.165) is 26.2 Å². The van der Waals surface area contributed by atoms with Gasteiger partial charge in [-0.25, -0.2) is 14.8 Å². The third-order valence-electron chi connectivity index (χ3n) is 3.69. The lowest BCUT2D eigenvalue weighted by Gasteiger charge is -2.14. The van der Waals surface area contributed by atoms with Crippen LogP contribution in [0.5, 0.6) is 0 Å². The van der Waals surface area contributed by atoms with E-state index in [9.17, 15) is 15.0 Å². The molecule has 1 aromatic carbocycles. The molecule has 3 rings (SSSR count). The number of thiophene rings is 1. The summed E-state index contributed by atoms with van der Waals surface area (Å²) >= 11 is 1.54. The third kappa shape index (κ3) is 2.95. The number of aliphatic hydroxyl groups excluding tert-OH is 1. The fraction of sp³-hybridized carbons (Fsp3) is 0.235. The molecule has 2 aromatic heterocycles. The van der Waals surface area contributed by atoms with Crippen LogP contribution in [-0.2, 0) is 4.79 Å². The van der Waals surface area contributed by atoms with Crippen LogP contribution in [0.1, 0.15) is 10.7 Å². The first-order valence-electron chi connectivity index (χ1n) is 7.44. The van der Waals surface area contributed by atoms with Crippen LogP contribution in [0.15, 0.2) is 30.3 Å². The van der Waals surface area contributed by atoms with Gasteiger partial charge in [0.2, 0.25) is 0 Å². The van der Waals surface area contributed by atoms with Crippen LogP contribution in [0.2, 0.25) is 0 Å². The first-order valence-corrected chi connectivity index (χ1v) is 8.26. The molecule has 0 fully saturated rings. The second-order valence-electron chi connectivity index (χ2n) is 5.42. The highest BCUT2D eigenvalue weighted by Gasteiger charge is 2.22. The van der Waals surface area contributed by atoms with Crippen molar-refractivity contribution in [3.05, 3.63) is 41.0 Å². The summed E-state index contributed by atoms with van der Waals surface area (Å²) < 4.78 is 0. The van der Waals surface area contributed by atoms with E-state index in [2.05, 4.69) is 15.3 Å². The molecule has 2 heterocycles. The Hall–Kier alpha value is -2.51. The summed E-state index contributed by atoms with van der Waals surface area (Å²) in [4.78, 5) is 22.0. The Kier molecular flexibility index (Phi) is 4.46. The molecule has 3 N–H and O–H groups in total. The lowest BCUT2D eigenvalue weighted by Crippen LogP contribution is -2.33. The van der Waals surface area contributed by atoms with Crippen LogP contribution >= 0.6 is 11.3 Å². The molecule has 3 aromatic rings. The number of carboxylic acid groups (broad SMARTS) is 1. The van der Waals surface area contributed by atoms with Crippen molar-refractivity contribution in [2.24, 2.45) is 0 Å². The number of benzene rings is 1. The molecular weight excluding hydrogens is 326 g/mol. The Labute approximate surface area is 142 Å². The van der Waals surface area contributed by atoms with Gasteiger partial charge in [-0.3, -0.25) is 0 Å². The fourth-order valence-corrected chi connectivity index (χ4v) is 3.72. The number of aryl methyl sites for hydroxylation is 2. The van der Waals surface area contributed by atoms with E-state index < -0.39 is 18.6 Å². The van der Waals surface area contributed by atoms with Crippen LogP contribution in [0.3, 0.4) is 0 Å². The first kappa shape index (κ1) is 16.4. The van der Waals surface area contributed by atoms with Crippen molar-refractivity contribution in [1.29, 1.82) is 0 Å². The SMILES string of the molecule is Cc1nc(NC(CO)C(=O)O)c2c(-c3ccccc3)c(C)sc2n1. The number of hydrogen-bond acceptors (Lipinski definition) is 6. The van der Waals surface area contributed by atoms with Gasteiger partial charge in [0.15, 0.2) is 0 Å². The number of aliphatic carboxylic acids is 1. The van der Waals surface area contributed by atoms with Gasteiger partial charge in [-0.15, -0.1) is 11.3 Å². The molecule has 7 heteroatoms. The Morgan fingerprint density at radius 3 is 2.58 bits per heavy atom. The predicted molar refractivity (Wildman–Crippen MR) is 94.5 cm³/mol. The number of rotatable bonds is 5. The number of aromatic nitrogens is 2. The maximum absolute atomic E-state index is 11.3. The van der Waals surface area contributed by atoms with Crippen molar-refractivity contribution in [1.82, 2.24) is 9.97 Å². The van der Waals surface area contributed by atoms with Crippen molar-refractivity contribution in [3.63, 3.8) is 0 Å². The molecule has 0 spiro atoms. The van der Waals surface area contributed by atoms with Crippen molar-refractivity contribution in [2.75, 3.05) is 11.9 Å². The van der Waals surface area contributed by atoms with Gasteiger partial charge in [-0.05, 0) is 19.4 Å². The van der Waals surface area contributed by atoms with E-state index in [1.165, 1.54) is 0 Å². The zero-order valence-electron chi connectivity index (χ0n) is 13.3. The average Bonchev–Trinajstić information content (AvgIpc) is 2.88. The number of anilines is 1. The number of nitrogens with one attached hydrogen (secondary N) is 1. The summed E-state index contributed by atoms with van der Waals surface area (Å²) in [5, 5.41) is 22.1. The molecule has 1 unspecified atom stereocenters. The number of nitrogens with zero attached hydrogens (tertiary/aromatic N) is 2. The normalized spacial score (nSPS) is 12.3. The lowest BCUT2D eigenvalue weighted by atomic mass is 10.0. The molecular formula is C17H17N3O3S. The maximum atomic E-state index is 11.3. The van der Waals surface area contributed by atoms with Crippen molar-refractivity contribution < 1.29 is 15.0 Å². The highest BCUT2D eigenvalue weighted by Crippen LogP contribution is 2.40. The summed E-state index contributed by atoms with van der Waals surface area (Å²) in [5.41, 5.74) is 2.01. The molecule has 0 amide bonds. The topological polar surface area (TPSA) is 95.3 Å². The van der Waals surface area contributed by atoms with E-state index in [1.54, 1.807) is 18.3 Å². The van der Waals surface area contributed by atoms with Crippen molar-refractivity contribution >= 4 is 33.3 Å². The second-order valence-corrected chi connectivity index (χ2v) is 6.62. The molecule has 0 bridgehead atoms. The molecule has 0 saturated carbocycles. The first-order chi connectivity index (χ1) is 11.5. The number of carboxylic acids is 1. The summed E-state index contributed by atoms with van der Waals surface area (Å²) in [6, 6.07) is 8.73. The van der Waals surface area contributed by atoms with E-state index >= 15 is 0 Å². The van der Waals surface area contributed by atoms with Crippen LogP contribution in [-0.4, -0.2) is 38.8 Å². The van der Waals surface area contributed by atoms with Gasteiger partial charge >= 0.3 is 5.97 Å². The summed E-state index contributed by atoms with van der Waals surface area (Å²) in [5.74, 6) is -0.148. The van der Waals surface area contributed by atoms with Gasteiger partial charge in [0.25, 0.3) is 0 Å². The van der Waals surface area contributed by atoms with Crippen molar-refractivity contribution in [3.8, 4) is 11.1 Å². The van der Waals surface area contributed by atoms with Gasteiger partial charge in [0, 0.05) is 10.4 Å². The number of carbonyl (C=O) groups is 1. The van der Waals surface area contributed by atoms with Gasteiger partial charge in [-0.1, -0.05) is 30.3 Å². The van der Waals surface area contributed by atoms with E-state index in [1.807, 2.05) is 37.3 Å². The molecule has 0 radical (unpaired) electrons. The minimum absolute atomic E-state index is 0.433. The minimum Gasteiger partial charge on any atom is -0.480 e. The maximum Gasteiger partial charge on any atom is 0.328 e. The van der Waals surface area contributed by atoms with Crippen LogP contribution in [0.25, 0.3) is 21.3 Å². The Morgan fingerprint density at radius 1 is 1.25 bits per heavy atom. The molecule has 6 nitrogen and oxygen atoms in total. The monoisotopic (exact) mass is 343 g/mol. The highest BCUT2D eigenvalue weighted by atomic mass is 32.1. The molecule has 0 aliphatic heterocycles. The standard InChI is InChI=1S/C17H17N3O3S/c1-9-13(11-6-4-3-5-7-11)14-15(20-12(8-21)17(22)23)18-10(2)19-16(14)24-9/h3-7,12,21H,8H2,1-2H3,(H,22,23)(H,18,19,20). The molecule has 124 valence electrons. The summed E-state index contributed by atoms with van der Waals surface area (Å²) in [6.07, 6.45) is 0. The van der Waals surface area contributed by atoms with Crippen LogP contribution in [0, 0.1) is 13.8 Å². The number of hydrogen-bond donors (Lipinski definition) is 3. The highest BCUT2D eigenvalue weighted by molar-refractivity contribution is 7.19. The van der Waals surface area contributed by atoms with E-state index in [-0.39, 0.29) is 0 Å². The Morgan fingerprint density at radius 2 is 1.96 bits per heavy atom. The van der Waals surface area contributed by atoms with E-state index in [4.69, 9.17) is 0 Å². The molecule has 0 aliphatic carbocycles. The van der Waals surface area contributed by atoms with Crippen molar-refractivity contribution in [2.45, 2.75) is 19.9 Å². The van der Waals surface area contributed by atoms with Gasteiger partial charge < -0.3 is 15.5 Å². The molecule has 24 heavy (non-hydrogen) atoms.